The molecule has 0 spiro atoms. The smallest absolute Gasteiger partial charge is 0.0484 e. The molecule has 19 heavy (non-hydrogen) atoms. The second-order valence-corrected chi connectivity index (χ2v) is 4.94. The zero-order valence-electron chi connectivity index (χ0n) is 11.5. The van der Waals surface area contributed by atoms with Crippen molar-refractivity contribution in [1.82, 2.24) is 4.90 Å². The molecule has 0 saturated heterocycles. The van der Waals surface area contributed by atoms with Gasteiger partial charge in [-0.2, -0.15) is 0 Å². The molecule has 102 valence electrons. The van der Waals surface area contributed by atoms with Crippen LogP contribution < -0.4 is 0 Å². The van der Waals surface area contributed by atoms with Crippen LogP contribution in [0.3, 0.4) is 0 Å². The molecule has 0 fully saturated rings. The maximum Gasteiger partial charge on any atom is 0.0484 e. The number of hydrogen-bond donors (Lipinski definition) is 0. The van der Waals surface area contributed by atoms with E-state index in [1.165, 1.54) is 28.1 Å². The SMILES string of the molecule is C.C=C(CC)N1CC(C)=CC=C1c1ccc(C)cc1. The highest BCUT2D eigenvalue weighted by molar-refractivity contribution is 5.69. The van der Waals surface area contributed by atoms with E-state index in [0.29, 0.717) is 0 Å². The average molecular weight is 255 g/mol. The summed E-state index contributed by atoms with van der Waals surface area (Å²) >= 11 is 0. The summed E-state index contributed by atoms with van der Waals surface area (Å²) in [6.07, 6.45) is 5.38. The van der Waals surface area contributed by atoms with Gasteiger partial charge in [0.15, 0.2) is 0 Å². The molecule has 2 rings (SSSR count). The predicted octanol–water partition coefficient (Wildman–Crippen LogP) is 5.16. The molecular weight excluding hydrogens is 230 g/mol. The van der Waals surface area contributed by atoms with Gasteiger partial charge >= 0.3 is 0 Å². The third kappa shape index (κ3) is 3.37. The minimum absolute atomic E-state index is 0. The number of hydrogen-bond acceptors (Lipinski definition) is 1. The van der Waals surface area contributed by atoms with Crippen LogP contribution in [0, 0.1) is 6.92 Å². The molecule has 0 unspecified atom stereocenters. The Hall–Kier alpha value is -1.76. The highest BCUT2D eigenvalue weighted by Gasteiger charge is 2.16. The van der Waals surface area contributed by atoms with E-state index in [1.54, 1.807) is 0 Å². The number of aryl methyl sites for hydroxylation is 1. The lowest BCUT2D eigenvalue weighted by Gasteiger charge is -2.32. The molecule has 0 bridgehead atoms. The highest BCUT2D eigenvalue weighted by atomic mass is 15.1. The van der Waals surface area contributed by atoms with Crippen molar-refractivity contribution in [2.45, 2.75) is 34.6 Å². The fourth-order valence-corrected chi connectivity index (χ4v) is 2.15. The van der Waals surface area contributed by atoms with Crippen LogP contribution >= 0.6 is 0 Å². The first-order chi connectivity index (χ1) is 8.61. The number of nitrogens with zero attached hydrogens (tertiary/aromatic N) is 1. The van der Waals surface area contributed by atoms with Gasteiger partial charge in [0, 0.05) is 17.9 Å². The van der Waals surface area contributed by atoms with Gasteiger partial charge in [-0.15, -0.1) is 0 Å². The standard InChI is InChI=1S/C17H21N.CH4/c1-5-15(4)18-12-14(3)8-11-17(18)16-9-6-13(2)7-10-16;/h6-11H,4-5,12H2,1-3H3;1H4. The van der Waals surface area contributed by atoms with Gasteiger partial charge in [-0.25, -0.2) is 0 Å². The van der Waals surface area contributed by atoms with Crippen LogP contribution in [0.2, 0.25) is 0 Å². The number of rotatable bonds is 3. The molecule has 0 saturated carbocycles. The molecule has 0 radical (unpaired) electrons. The second kappa shape index (κ2) is 6.42. The largest absolute Gasteiger partial charge is 0.341 e. The Kier molecular flexibility index (Phi) is 5.17. The molecule has 1 nitrogen and oxygen atoms in total. The van der Waals surface area contributed by atoms with Crippen LogP contribution in [0.5, 0.6) is 0 Å². The van der Waals surface area contributed by atoms with E-state index in [-0.39, 0.29) is 7.43 Å². The number of allylic oxidation sites excluding steroid dienone is 3. The Morgan fingerprint density at radius 1 is 1.16 bits per heavy atom. The second-order valence-electron chi connectivity index (χ2n) is 4.94. The summed E-state index contributed by atoms with van der Waals surface area (Å²) in [5.41, 5.74) is 6.36. The van der Waals surface area contributed by atoms with Crippen LogP contribution in [0.25, 0.3) is 5.70 Å². The van der Waals surface area contributed by atoms with Crippen molar-refractivity contribution in [2.24, 2.45) is 0 Å². The molecule has 0 atom stereocenters. The summed E-state index contributed by atoms with van der Waals surface area (Å²) in [7, 11) is 0. The monoisotopic (exact) mass is 255 g/mol. The van der Waals surface area contributed by atoms with Crippen LogP contribution in [0.1, 0.15) is 38.8 Å². The predicted molar refractivity (Wildman–Crippen MR) is 85.8 cm³/mol. The van der Waals surface area contributed by atoms with Gasteiger partial charge in [-0.1, -0.05) is 62.4 Å². The van der Waals surface area contributed by atoms with Gasteiger partial charge in [0.1, 0.15) is 0 Å². The van der Waals surface area contributed by atoms with Crippen LogP contribution in [-0.2, 0) is 0 Å². The summed E-state index contributed by atoms with van der Waals surface area (Å²) in [6, 6.07) is 8.69. The molecule has 0 aromatic heterocycles. The van der Waals surface area contributed by atoms with E-state index in [9.17, 15) is 0 Å². The Balaban J connectivity index is 0.00000180. The molecule has 1 aromatic rings. The van der Waals surface area contributed by atoms with E-state index in [0.717, 1.165) is 13.0 Å². The van der Waals surface area contributed by atoms with Gasteiger partial charge in [0.2, 0.25) is 0 Å². The van der Waals surface area contributed by atoms with Gasteiger partial charge in [-0.3, -0.25) is 0 Å². The zero-order chi connectivity index (χ0) is 13.1. The van der Waals surface area contributed by atoms with E-state index in [4.69, 9.17) is 0 Å². The average Bonchev–Trinajstić information content (AvgIpc) is 2.39. The Bertz CT molecular complexity index is 503. The van der Waals surface area contributed by atoms with Crippen molar-refractivity contribution in [3.63, 3.8) is 0 Å². The van der Waals surface area contributed by atoms with E-state index in [2.05, 4.69) is 68.7 Å². The molecule has 0 amide bonds. The van der Waals surface area contributed by atoms with Crippen LogP contribution in [-0.4, -0.2) is 11.4 Å². The fourth-order valence-electron chi connectivity index (χ4n) is 2.15. The number of benzene rings is 1. The molecule has 0 N–H and O–H groups in total. The van der Waals surface area contributed by atoms with E-state index < -0.39 is 0 Å². The van der Waals surface area contributed by atoms with Crippen LogP contribution in [0.4, 0.5) is 0 Å². The third-order valence-electron chi connectivity index (χ3n) is 3.36. The molecule has 1 aliphatic rings. The fraction of sp³-hybridized carbons (Fsp3) is 0.333. The summed E-state index contributed by atoms with van der Waals surface area (Å²) in [5.74, 6) is 0. The van der Waals surface area contributed by atoms with Gasteiger partial charge < -0.3 is 4.90 Å². The van der Waals surface area contributed by atoms with Crippen LogP contribution in [0.15, 0.2) is 54.3 Å². The molecule has 1 aromatic carbocycles. The topological polar surface area (TPSA) is 3.24 Å². The first kappa shape index (κ1) is 15.3. The highest BCUT2D eigenvalue weighted by Crippen LogP contribution is 2.28. The molecular formula is C18H25N. The van der Waals surface area contributed by atoms with Crippen molar-refractivity contribution in [3.8, 4) is 0 Å². The first-order valence-corrected chi connectivity index (χ1v) is 6.51. The Labute approximate surface area is 118 Å². The maximum absolute atomic E-state index is 4.18. The van der Waals surface area contributed by atoms with Gasteiger partial charge in [-0.05, 0) is 31.9 Å². The first-order valence-electron chi connectivity index (χ1n) is 6.51. The lowest BCUT2D eigenvalue weighted by molar-refractivity contribution is 0.507. The Morgan fingerprint density at radius 3 is 2.37 bits per heavy atom. The minimum atomic E-state index is 0. The van der Waals surface area contributed by atoms with Crippen molar-refractivity contribution in [3.05, 3.63) is 65.4 Å². The summed E-state index contributed by atoms with van der Waals surface area (Å²) < 4.78 is 0. The molecule has 1 heterocycles. The van der Waals surface area contributed by atoms with E-state index in [1.807, 2.05) is 0 Å². The lowest BCUT2D eigenvalue weighted by atomic mass is 10.0. The van der Waals surface area contributed by atoms with Crippen molar-refractivity contribution < 1.29 is 0 Å². The molecule has 0 aliphatic carbocycles. The van der Waals surface area contributed by atoms with Crippen molar-refractivity contribution in [1.29, 1.82) is 0 Å². The molecule has 1 aliphatic heterocycles. The lowest BCUT2D eigenvalue weighted by Crippen LogP contribution is -2.24. The quantitative estimate of drug-likeness (QED) is 0.721. The van der Waals surface area contributed by atoms with Crippen molar-refractivity contribution >= 4 is 5.70 Å². The normalized spacial score (nSPS) is 14.4. The molecule has 1 heteroatoms. The maximum atomic E-state index is 4.18. The summed E-state index contributed by atoms with van der Waals surface area (Å²) in [6.45, 7) is 11.6. The van der Waals surface area contributed by atoms with Gasteiger partial charge in [0.25, 0.3) is 0 Å². The third-order valence-corrected chi connectivity index (χ3v) is 3.36. The van der Waals surface area contributed by atoms with Crippen molar-refractivity contribution in [2.75, 3.05) is 6.54 Å². The Morgan fingerprint density at radius 2 is 1.79 bits per heavy atom. The summed E-state index contributed by atoms with van der Waals surface area (Å²) in [5, 5.41) is 0. The zero-order valence-corrected chi connectivity index (χ0v) is 11.5. The van der Waals surface area contributed by atoms with E-state index >= 15 is 0 Å². The summed E-state index contributed by atoms with van der Waals surface area (Å²) in [4.78, 5) is 2.32. The minimum Gasteiger partial charge on any atom is -0.341 e. The van der Waals surface area contributed by atoms with Gasteiger partial charge in [0.05, 0.1) is 0 Å².